The zero-order valence-electron chi connectivity index (χ0n) is 20.4. The van der Waals surface area contributed by atoms with Gasteiger partial charge in [-0.1, -0.05) is 18.2 Å². The molecule has 2 aromatic rings. The standard InChI is InChI=1S/C26H30O12/c1-36-25(35)15(8-14-4-6-17(29)19(31)9-14)11-16(28)5-2-13-3-7-18(30)20(10-13)37-26-24(34)23(33)22(32)21(12-27)38-26/h2-7,9-10,15,21-24,26-27,29-34H,8,11-12H2,1H3. The normalized spacial score (nSPS) is 24.2. The summed E-state index contributed by atoms with van der Waals surface area (Å²) in [6.45, 7) is -0.651. The Hall–Kier alpha value is -3.68. The summed E-state index contributed by atoms with van der Waals surface area (Å²) in [5.74, 6) is -3.08. The fraction of sp³-hybridized carbons (Fsp3) is 0.385. The van der Waals surface area contributed by atoms with Crippen LogP contribution in [0, 0.1) is 5.92 Å². The predicted molar refractivity (Wildman–Crippen MR) is 130 cm³/mol. The van der Waals surface area contributed by atoms with Crippen molar-refractivity contribution in [3.8, 4) is 23.0 Å². The van der Waals surface area contributed by atoms with Crippen LogP contribution in [0.4, 0.5) is 0 Å². The molecule has 1 heterocycles. The van der Waals surface area contributed by atoms with Gasteiger partial charge in [-0.3, -0.25) is 9.59 Å². The van der Waals surface area contributed by atoms with Crippen LogP contribution in [-0.4, -0.2) is 91.9 Å². The summed E-state index contributed by atoms with van der Waals surface area (Å²) < 4.78 is 15.5. The van der Waals surface area contributed by atoms with Gasteiger partial charge in [0.2, 0.25) is 6.29 Å². The summed E-state index contributed by atoms with van der Waals surface area (Å²) in [6, 6.07) is 8.14. The zero-order valence-corrected chi connectivity index (χ0v) is 20.4. The number of ether oxygens (including phenoxy) is 3. The van der Waals surface area contributed by atoms with E-state index in [1.807, 2.05) is 0 Å². The molecule has 2 aromatic carbocycles. The molecule has 12 nitrogen and oxygen atoms in total. The SMILES string of the molecule is COC(=O)C(CC(=O)C=Cc1ccc(O)c(OC2OC(CO)C(O)C(O)C2O)c1)Cc1ccc(O)c(O)c1. The fourth-order valence-electron chi connectivity index (χ4n) is 3.90. The topological polar surface area (TPSA) is 203 Å². The molecule has 0 aromatic heterocycles. The number of aliphatic hydroxyl groups excluding tert-OH is 4. The molecule has 0 amide bonds. The number of carbonyl (C=O) groups excluding carboxylic acids is 2. The third-order valence-electron chi connectivity index (χ3n) is 6.04. The lowest BCUT2D eigenvalue weighted by Gasteiger charge is -2.39. The molecule has 1 aliphatic heterocycles. The van der Waals surface area contributed by atoms with Crippen molar-refractivity contribution in [3.05, 3.63) is 53.6 Å². The van der Waals surface area contributed by atoms with E-state index in [4.69, 9.17) is 14.2 Å². The lowest BCUT2D eigenvalue weighted by Crippen LogP contribution is -2.60. The first-order valence-electron chi connectivity index (χ1n) is 11.6. The van der Waals surface area contributed by atoms with E-state index in [0.29, 0.717) is 11.1 Å². The number of allylic oxidation sites excluding steroid dienone is 1. The highest BCUT2D eigenvalue weighted by Crippen LogP contribution is 2.32. The van der Waals surface area contributed by atoms with E-state index in [2.05, 4.69) is 0 Å². The maximum atomic E-state index is 12.6. The number of benzene rings is 2. The molecule has 0 aliphatic carbocycles. The summed E-state index contributed by atoms with van der Waals surface area (Å²) in [6.07, 6.45) is -5.14. The molecule has 1 saturated heterocycles. The lowest BCUT2D eigenvalue weighted by molar-refractivity contribution is -0.277. The number of esters is 1. The van der Waals surface area contributed by atoms with Crippen LogP contribution in [0.15, 0.2) is 42.5 Å². The molecular formula is C26H30O12. The Morgan fingerprint density at radius 1 is 0.974 bits per heavy atom. The number of carbonyl (C=O) groups is 2. The van der Waals surface area contributed by atoms with Gasteiger partial charge in [0, 0.05) is 6.42 Å². The second-order valence-electron chi connectivity index (χ2n) is 8.79. The summed E-state index contributed by atoms with van der Waals surface area (Å²) >= 11 is 0. The minimum atomic E-state index is -1.68. The minimum Gasteiger partial charge on any atom is -0.504 e. The molecule has 7 N–H and O–H groups in total. The minimum absolute atomic E-state index is 0.0798. The Labute approximate surface area is 217 Å². The van der Waals surface area contributed by atoms with Gasteiger partial charge in [0.05, 0.1) is 19.6 Å². The van der Waals surface area contributed by atoms with Crippen LogP contribution in [0.25, 0.3) is 6.08 Å². The molecule has 0 bridgehead atoms. The molecule has 12 heteroatoms. The van der Waals surface area contributed by atoms with Crippen LogP contribution in [0.2, 0.25) is 0 Å². The molecule has 0 radical (unpaired) electrons. The summed E-state index contributed by atoms with van der Waals surface area (Å²) in [5, 5.41) is 68.6. The smallest absolute Gasteiger partial charge is 0.309 e. The number of methoxy groups -OCH3 is 1. The van der Waals surface area contributed by atoms with Gasteiger partial charge in [0.1, 0.15) is 24.4 Å². The van der Waals surface area contributed by atoms with E-state index in [0.717, 1.165) is 0 Å². The largest absolute Gasteiger partial charge is 0.504 e. The van der Waals surface area contributed by atoms with Crippen molar-refractivity contribution in [2.45, 2.75) is 43.5 Å². The number of hydrogen-bond acceptors (Lipinski definition) is 12. The van der Waals surface area contributed by atoms with Crippen LogP contribution in [0.1, 0.15) is 17.5 Å². The Morgan fingerprint density at radius 2 is 1.68 bits per heavy atom. The van der Waals surface area contributed by atoms with Crippen LogP contribution in [-0.2, 0) is 25.5 Å². The van der Waals surface area contributed by atoms with Crippen LogP contribution in [0.5, 0.6) is 23.0 Å². The van der Waals surface area contributed by atoms with Gasteiger partial charge < -0.3 is 50.0 Å². The van der Waals surface area contributed by atoms with Gasteiger partial charge in [-0.15, -0.1) is 0 Å². The molecule has 1 aliphatic rings. The average Bonchev–Trinajstić information content (AvgIpc) is 2.90. The van der Waals surface area contributed by atoms with Crippen molar-refractivity contribution >= 4 is 17.8 Å². The number of hydrogen-bond donors (Lipinski definition) is 7. The van der Waals surface area contributed by atoms with Crippen molar-refractivity contribution in [1.82, 2.24) is 0 Å². The van der Waals surface area contributed by atoms with Gasteiger partial charge in [0.25, 0.3) is 0 Å². The Balaban J connectivity index is 1.69. The third kappa shape index (κ3) is 7.00. The van der Waals surface area contributed by atoms with Gasteiger partial charge in [0.15, 0.2) is 28.8 Å². The molecule has 0 saturated carbocycles. The number of aromatic hydroxyl groups is 3. The fourth-order valence-corrected chi connectivity index (χ4v) is 3.90. The average molecular weight is 535 g/mol. The third-order valence-corrected chi connectivity index (χ3v) is 6.04. The van der Waals surface area contributed by atoms with E-state index < -0.39 is 55.0 Å². The highest BCUT2D eigenvalue weighted by molar-refractivity contribution is 5.96. The molecule has 206 valence electrons. The molecular weight excluding hydrogens is 504 g/mol. The van der Waals surface area contributed by atoms with Crippen molar-refractivity contribution < 1.29 is 59.5 Å². The first-order valence-corrected chi connectivity index (χ1v) is 11.6. The van der Waals surface area contributed by atoms with Gasteiger partial charge in [-0.25, -0.2) is 0 Å². The van der Waals surface area contributed by atoms with E-state index in [1.165, 1.54) is 55.7 Å². The predicted octanol–water partition coefficient (Wildman–Crippen LogP) is -0.0136. The van der Waals surface area contributed by atoms with E-state index >= 15 is 0 Å². The van der Waals surface area contributed by atoms with Gasteiger partial charge >= 0.3 is 5.97 Å². The molecule has 1 fully saturated rings. The highest BCUT2D eigenvalue weighted by Gasteiger charge is 2.44. The number of ketones is 1. The lowest BCUT2D eigenvalue weighted by atomic mass is 9.93. The molecule has 6 unspecified atom stereocenters. The number of phenols is 3. The first-order chi connectivity index (χ1) is 18.0. The summed E-state index contributed by atoms with van der Waals surface area (Å²) in [7, 11) is 1.19. The Morgan fingerprint density at radius 3 is 2.34 bits per heavy atom. The zero-order chi connectivity index (χ0) is 28.0. The van der Waals surface area contributed by atoms with Crippen molar-refractivity contribution in [2.75, 3.05) is 13.7 Å². The second-order valence-corrected chi connectivity index (χ2v) is 8.79. The maximum absolute atomic E-state index is 12.6. The van der Waals surface area contributed by atoms with Gasteiger partial charge in [-0.2, -0.15) is 0 Å². The number of aliphatic hydroxyl groups is 4. The highest BCUT2D eigenvalue weighted by atomic mass is 16.7. The van der Waals surface area contributed by atoms with Crippen molar-refractivity contribution in [1.29, 1.82) is 0 Å². The van der Waals surface area contributed by atoms with Crippen LogP contribution in [0.3, 0.4) is 0 Å². The van der Waals surface area contributed by atoms with Crippen molar-refractivity contribution in [2.24, 2.45) is 5.92 Å². The summed E-state index contributed by atoms with van der Waals surface area (Å²) in [4.78, 5) is 24.8. The Kier molecular flexibility index (Phi) is 9.66. The molecule has 0 spiro atoms. The van der Waals surface area contributed by atoms with Crippen molar-refractivity contribution in [3.63, 3.8) is 0 Å². The molecule has 3 rings (SSSR count). The first kappa shape index (κ1) is 28.9. The maximum Gasteiger partial charge on any atom is 0.309 e. The van der Waals surface area contributed by atoms with Gasteiger partial charge in [-0.05, 0) is 47.9 Å². The van der Waals surface area contributed by atoms with Crippen LogP contribution >= 0.6 is 0 Å². The Bertz CT molecular complexity index is 1160. The quantitative estimate of drug-likeness (QED) is 0.122. The number of rotatable bonds is 10. The number of phenolic OH excluding ortho intramolecular Hbond substituents is 3. The van der Waals surface area contributed by atoms with E-state index in [1.54, 1.807) is 0 Å². The second kappa shape index (κ2) is 12.7. The summed E-state index contributed by atoms with van der Waals surface area (Å²) in [5.41, 5.74) is 0.912. The molecule has 38 heavy (non-hydrogen) atoms. The molecule has 6 atom stereocenters. The monoisotopic (exact) mass is 534 g/mol. The van der Waals surface area contributed by atoms with Crippen LogP contribution < -0.4 is 4.74 Å². The van der Waals surface area contributed by atoms with E-state index in [9.17, 15) is 45.3 Å². The van der Waals surface area contributed by atoms with E-state index in [-0.39, 0.29) is 35.8 Å².